The number of amides is 1. The van der Waals surface area contributed by atoms with Gasteiger partial charge < -0.3 is 10.1 Å². The number of carbonyl (C=O) groups is 3. The smallest absolute Gasteiger partial charge is 0.309 e. The van der Waals surface area contributed by atoms with Gasteiger partial charge in [-0.25, -0.2) is 8.42 Å². The Morgan fingerprint density at radius 2 is 1.53 bits per heavy atom. The highest BCUT2D eigenvalue weighted by Gasteiger charge is 2.70. The summed E-state index contributed by atoms with van der Waals surface area (Å²) in [4.78, 5) is 41.5. The molecular formula is C43H69NO6S. The second-order valence-corrected chi connectivity index (χ2v) is 23.6. The van der Waals surface area contributed by atoms with Crippen LogP contribution in [0.2, 0.25) is 0 Å². The van der Waals surface area contributed by atoms with Crippen molar-refractivity contribution >= 4 is 27.5 Å². The van der Waals surface area contributed by atoms with E-state index in [-0.39, 0.29) is 80.8 Å². The van der Waals surface area contributed by atoms with Gasteiger partial charge in [0, 0.05) is 18.1 Å². The third-order valence-electron chi connectivity index (χ3n) is 17.3. The third-order valence-corrected chi connectivity index (χ3v) is 18.5. The first-order valence-electron chi connectivity index (χ1n) is 20.2. The van der Waals surface area contributed by atoms with Gasteiger partial charge in [0.15, 0.2) is 5.78 Å². The summed E-state index contributed by atoms with van der Waals surface area (Å²) >= 11 is 0. The van der Waals surface area contributed by atoms with Crippen LogP contribution in [-0.4, -0.2) is 49.7 Å². The van der Waals surface area contributed by atoms with Crippen LogP contribution in [0.25, 0.3) is 0 Å². The van der Waals surface area contributed by atoms with Crippen molar-refractivity contribution in [3.63, 3.8) is 0 Å². The van der Waals surface area contributed by atoms with Crippen molar-refractivity contribution in [3.8, 4) is 0 Å². The van der Waals surface area contributed by atoms with E-state index in [1.165, 1.54) is 6.26 Å². The molecule has 0 saturated heterocycles. The van der Waals surface area contributed by atoms with Crippen molar-refractivity contribution in [1.29, 1.82) is 0 Å². The monoisotopic (exact) mass is 727 g/mol. The summed E-state index contributed by atoms with van der Waals surface area (Å²) in [7, 11) is -3.38. The van der Waals surface area contributed by atoms with E-state index in [0.29, 0.717) is 24.2 Å². The molecule has 0 radical (unpaired) electrons. The van der Waals surface area contributed by atoms with Crippen LogP contribution >= 0.6 is 0 Å². The molecule has 5 saturated carbocycles. The van der Waals surface area contributed by atoms with Crippen LogP contribution in [0, 0.1) is 68.0 Å². The Bertz CT molecular complexity index is 1640. The molecule has 7 nitrogen and oxygen atoms in total. The van der Waals surface area contributed by atoms with Crippen LogP contribution in [0.5, 0.6) is 0 Å². The standard InChI is InChI=1S/C43H69NO6S/c1-25(2)33-29(45)23-43(44-36(47)37(4,5)24-51(13,48)49)21-20-41(11)27(34(33)43)14-15-31-40(10)18-17-32(39(8,9)30(40)16-19-42(31,41)12)50-35(46)28-22-26(3)38(28,6)7/h25-28,30-32H,14-24H2,1-13H3,(H,44,47)/t26-,27-,28-,30+,31-,32+,40+,41-,42-,43-/m1/s1. The highest BCUT2D eigenvalue weighted by molar-refractivity contribution is 7.90. The van der Waals surface area contributed by atoms with Crippen LogP contribution in [0.15, 0.2) is 11.1 Å². The Hall–Kier alpha value is -1.70. The Kier molecular flexibility index (Phi) is 9.10. The molecule has 0 aromatic rings. The summed E-state index contributed by atoms with van der Waals surface area (Å²) in [6, 6.07) is 0. The number of ether oxygens (including phenoxy) is 1. The first-order chi connectivity index (χ1) is 23.2. The van der Waals surface area contributed by atoms with Crippen molar-refractivity contribution in [1.82, 2.24) is 5.32 Å². The molecule has 1 N–H and O–H groups in total. The average molecular weight is 728 g/mol. The number of hydrogen-bond acceptors (Lipinski definition) is 6. The van der Waals surface area contributed by atoms with Gasteiger partial charge in [-0.3, -0.25) is 14.4 Å². The number of allylic oxidation sites excluding steroid dienone is 1. The van der Waals surface area contributed by atoms with Gasteiger partial charge in [0.05, 0.1) is 22.6 Å². The van der Waals surface area contributed by atoms with Crippen molar-refractivity contribution in [2.45, 2.75) is 159 Å². The Morgan fingerprint density at radius 1 is 0.882 bits per heavy atom. The van der Waals surface area contributed by atoms with Crippen LogP contribution in [0.3, 0.4) is 0 Å². The zero-order valence-electron chi connectivity index (χ0n) is 34.2. The number of rotatable bonds is 7. The minimum atomic E-state index is -3.38. The first kappa shape index (κ1) is 39.0. The quantitative estimate of drug-likeness (QED) is 0.264. The molecule has 51 heavy (non-hydrogen) atoms. The maximum absolute atomic E-state index is 14.0. The van der Waals surface area contributed by atoms with E-state index in [0.717, 1.165) is 62.5 Å². The molecule has 0 aliphatic heterocycles. The van der Waals surface area contributed by atoms with Crippen molar-refractivity contribution in [2.24, 2.45) is 68.0 Å². The largest absolute Gasteiger partial charge is 0.462 e. The molecule has 0 aromatic heterocycles. The van der Waals surface area contributed by atoms with Crippen molar-refractivity contribution in [2.75, 3.05) is 12.0 Å². The second-order valence-electron chi connectivity index (χ2n) is 21.5. The first-order valence-corrected chi connectivity index (χ1v) is 22.2. The fourth-order valence-electron chi connectivity index (χ4n) is 13.8. The SMILES string of the molecule is CC(C)C1=C2[C@H]3CC[C@@H]4[C@@]5(C)CC[C@H](OC(=O)[C@H]6C[C@@H](C)C6(C)C)C(C)(C)[C@@H]5CC[C@@]4(C)[C@]3(C)CC[C@@]2(NC(=O)C(C)(C)CS(C)(=O)=O)CC1=O. The van der Waals surface area contributed by atoms with Crippen LogP contribution < -0.4 is 5.32 Å². The number of nitrogens with one attached hydrogen (secondary N) is 1. The van der Waals surface area contributed by atoms with E-state index in [1.807, 2.05) is 0 Å². The van der Waals surface area contributed by atoms with Gasteiger partial charge in [0.25, 0.3) is 0 Å². The second kappa shape index (κ2) is 11.9. The Balaban J connectivity index is 1.30. The molecule has 0 spiro atoms. The molecule has 8 heteroatoms. The molecule has 0 unspecified atom stereocenters. The topological polar surface area (TPSA) is 107 Å². The van der Waals surface area contributed by atoms with E-state index in [9.17, 15) is 22.8 Å². The molecule has 6 aliphatic rings. The van der Waals surface area contributed by atoms with Crippen LogP contribution in [0.4, 0.5) is 0 Å². The normalized spacial score (nSPS) is 43.0. The number of hydrogen-bond donors (Lipinski definition) is 1. The van der Waals surface area contributed by atoms with Gasteiger partial charge in [-0.05, 0) is 120 Å². The lowest BCUT2D eigenvalue weighted by atomic mass is 9.33. The van der Waals surface area contributed by atoms with Gasteiger partial charge >= 0.3 is 5.97 Å². The summed E-state index contributed by atoms with van der Waals surface area (Å²) in [5.74, 6) is 1.32. The summed E-state index contributed by atoms with van der Waals surface area (Å²) in [5, 5.41) is 3.39. The van der Waals surface area contributed by atoms with E-state index >= 15 is 0 Å². The van der Waals surface area contributed by atoms with E-state index in [1.54, 1.807) is 13.8 Å². The molecule has 6 aliphatic carbocycles. The molecule has 288 valence electrons. The van der Waals surface area contributed by atoms with Gasteiger partial charge in [-0.15, -0.1) is 0 Å². The van der Waals surface area contributed by atoms with E-state index in [2.05, 4.69) is 74.6 Å². The van der Waals surface area contributed by atoms with E-state index in [4.69, 9.17) is 4.74 Å². The predicted molar refractivity (Wildman–Crippen MR) is 202 cm³/mol. The molecule has 0 heterocycles. The van der Waals surface area contributed by atoms with Crippen LogP contribution in [-0.2, 0) is 29.0 Å². The highest BCUT2D eigenvalue weighted by Crippen LogP contribution is 2.76. The molecule has 0 bridgehead atoms. The Morgan fingerprint density at radius 3 is 2.10 bits per heavy atom. The molecule has 5 fully saturated rings. The zero-order chi connectivity index (χ0) is 38.1. The number of fused-ring (bicyclic) bond motifs is 7. The van der Waals surface area contributed by atoms with Gasteiger partial charge in [-0.1, -0.05) is 83.1 Å². The minimum Gasteiger partial charge on any atom is -0.462 e. The molecule has 10 atom stereocenters. The molecule has 1 amide bonds. The summed E-state index contributed by atoms with van der Waals surface area (Å²) in [5.41, 5.74) is 0.160. The minimum absolute atomic E-state index is 0.00581. The van der Waals surface area contributed by atoms with Gasteiger partial charge in [-0.2, -0.15) is 0 Å². The highest BCUT2D eigenvalue weighted by atomic mass is 32.2. The van der Waals surface area contributed by atoms with E-state index < -0.39 is 20.8 Å². The maximum atomic E-state index is 14.0. The summed E-state index contributed by atoms with van der Waals surface area (Å²) in [6.45, 7) is 26.6. The number of sulfone groups is 1. The average Bonchev–Trinajstić information content (AvgIpc) is 3.28. The number of esters is 1. The molecule has 6 rings (SSSR count). The number of Topliss-reactive ketones (excluding diaryl/α,β-unsaturated/α-hetero) is 1. The lowest BCUT2D eigenvalue weighted by molar-refractivity contribution is -0.235. The fourth-order valence-corrected chi connectivity index (χ4v) is 15.3. The maximum Gasteiger partial charge on any atom is 0.309 e. The lowest BCUT2D eigenvalue weighted by Crippen LogP contribution is -2.67. The fraction of sp³-hybridized carbons (Fsp3) is 0.884. The van der Waals surface area contributed by atoms with Crippen molar-refractivity contribution in [3.05, 3.63) is 11.1 Å². The third kappa shape index (κ3) is 5.66. The zero-order valence-corrected chi connectivity index (χ0v) is 35.0. The predicted octanol–water partition coefficient (Wildman–Crippen LogP) is 8.50. The molecule has 0 aromatic carbocycles. The van der Waals surface area contributed by atoms with Crippen molar-refractivity contribution < 1.29 is 27.5 Å². The van der Waals surface area contributed by atoms with Gasteiger partial charge in [0.1, 0.15) is 15.9 Å². The Labute approximate surface area is 309 Å². The van der Waals surface area contributed by atoms with Crippen LogP contribution in [0.1, 0.15) is 147 Å². The lowest BCUT2D eigenvalue weighted by Gasteiger charge is -2.72. The number of carbonyl (C=O) groups excluding carboxylic acids is 3. The molecular weight excluding hydrogens is 659 g/mol. The van der Waals surface area contributed by atoms with Gasteiger partial charge in [0.2, 0.25) is 5.91 Å². The summed E-state index contributed by atoms with van der Waals surface area (Å²) < 4.78 is 31.1. The summed E-state index contributed by atoms with van der Waals surface area (Å²) in [6.07, 6.45) is 10.1. The number of ketones is 1.